The van der Waals surface area contributed by atoms with Gasteiger partial charge in [0.1, 0.15) is 5.75 Å². The topological polar surface area (TPSA) is 41.5 Å². The summed E-state index contributed by atoms with van der Waals surface area (Å²) in [5, 5.41) is 12.8. The van der Waals surface area contributed by atoms with Crippen molar-refractivity contribution in [2.45, 2.75) is 13.0 Å². The van der Waals surface area contributed by atoms with E-state index < -0.39 is 0 Å². The van der Waals surface area contributed by atoms with Crippen LogP contribution >= 0.6 is 0 Å². The molecular weight excluding hydrogens is 238 g/mol. The van der Waals surface area contributed by atoms with Crippen molar-refractivity contribution in [2.24, 2.45) is 0 Å². The van der Waals surface area contributed by atoms with Crippen molar-refractivity contribution in [3.8, 4) is 5.75 Å². The second-order valence-electron chi connectivity index (χ2n) is 4.25. The van der Waals surface area contributed by atoms with E-state index in [0.29, 0.717) is 6.61 Å². The van der Waals surface area contributed by atoms with E-state index >= 15 is 0 Å². The fourth-order valence-electron chi connectivity index (χ4n) is 1.93. The summed E-state index contributed by atoms with van der Waals surface area (Å²) in [6, 6.07) is 17.6. The summed E-state index contributed by atoms with van der Waals surface area (Å²) >= 11 is 0. The van der Waals surface area contributed by atoms with Crippen molar-refractivity contribution in [3.05, 3.63) is 60.2 Å². The number of hydrogen-bond donors (Lipinski definition) is 2. The zero-order valence-corrected chi connectivity index (χ0v) is 11.0. The summed E-state index contributed by atoms with van der Waals surface area (Å²) in [5.74, 6) is 0.855. The summed E-state index contributed by atoms with van der Waals surface area (Å²) < 4.78 is 5.40. The highest BCUT2D eigenvalue weighted by Gasteiger charge is 2.09. The second kappa shape index (κ2) is 6.81. The van der Waals surface area contributed by atoms with E-state index in [4.69, 9.17) is 4.74 Å². The molecule has 0 bridgehead atoms. The number of hydrogen-bond acceptors (Lipinski definition) is 3. The molecule has 0 heterocycles. The average molecular weight is 257 g/mol. The molecule has 0 radical (unpaired) electrons. The monoisotopic (exact) mass is 257 g/mol. The third kappa shape index (κ3) is 3.73. The van der Waals surface area contributed by atoms with Crippen LogP contribution in [-0.2, 0) is 0 Å². The zero-order valence-electron chi connectivity index (χ0n) is 11.0. The van der Waals surface area contributed by atoms with Crippen molar-refractivity contribution in [1.29, 1.82) is 0 Å². The molecule has 0 saturated heterocycles. The van der Waals surface area contributed by atoms with E-state index in [2.05, 4.69) is 5.32 Å². The third-order valence-electron chi connectivity index (χ3n) is 2.89. The average Bonchev–Trinajstić information content (AvgIpc) is 2.48. The third-order valence-corrected chi connectivity index (χ3v) is 2.89. The van der Waals surface area contributed by atoms with Crippen molar-refractivity contribution < 1.29 is 9.84 Å². The van der Waals surface area contributed by atoms with Gasteiger partial charge in [-0.2, -0.15) is 0 Å². The lowest BCUT2D eigenvalue weighted by atomic mass is 10.1. The Balaban J connectivity index is 2.06. The highest BCUT2D eigenvalue weighted by atomic mass is 16.5. The molecule has 0 spiro atoms. The predicted octanol–water partition coefficient (Wildman–Crippen LogP) is 3.23. The summed E-state index contributed by atoms with van der Waals surface area (Å²) in [6.45, 7) is 2.68. The Labute approximate surface area is 113 Å². The van der Waals surface area contributed by atoms with Crippen molar-refractivity contribution in [2.75, 3.05) is 18.5 Å². The molecule has 2 rings (SSSR count). The lowest BCUT2D eigenvalue weighted by Gasteiger charge is -2.18. The van der Waals surface area contributed by atoms with E-state index in [1.54, 1.807) is 0 Å². The van der Waals surface area contributed by atoms with Crippen LogP contribution in [-0.4, -0.2) is 18.3 Å². The number of ether oxygens (including phenoxy) is 1. The summed E-state index contributed by atoms with van der Waals surface area (Å²) in [6.07, 6.45) is 0. The number of nitrogens with one attached hydrogen (secondary N) is 1. The lowest BCUT2D eigenvalue weighted by Crippen LogP contribution is -2.14. The van der Waals surface area contributed by atoms with Gasteiger partial charge in [-0.3, -0.25) is 0 Å². The number of aliphatic hydroxyl groups excluding tert-OH is 1. The van der Waals surface area contributed by atoms with Gasteiger partial charge in [0.2, 0.25) is 0 Å². The van der Waals surface area contributed by atoms with Crippen LogP contribution in [0.15, 0.2) is 54.6 Å². The standard InChI is InChI=1S/C16H19NO2/c1-2-19-15-10-8-14(9-11-15)17-16(12-18)13-6-4-3-5-7-13/h3-11,16-18H,2,12H2,1H3. The first-order valence-electron chi connectivity index (χ1n) is 6.48. The van der Waals surface area contributed by atoms with E-state index in [-0.39, 0.29) is 12.6 Å². The van der Waals surface area contributed by atoms with Gasteiger partial charge in [0, 0.05) is 5.69 Å². The van der Waals surface area contributed by atoms with Gasteiger partial charge in [-0.15, -0.1) is 0 Å². The smallest absolute Gasteiger partial charge is 0.119 e. The SMILES string of the molecule is CCOc1ccc(NC(CO)c2ccccc2)cc1. The van der Waals surface area contributed by atoms with Gasteiger partial charge in [0.15, 0.2) is 0 Å². The van der Waals surface area contributed by atoms with Crippen LogP contribution in [0.25, 0.3) is 0 Å². The first kappa shape index (κ1) is 13.4. The molecule has 0 aliphatic rings. The van der Waals surface area contributed by atoms with Gasteiger partial charge in [-0.05, 0) is 36.8 Å². The fraction of sp³-hybridized carbons (Fsp3) is 0.250. The molecule has 0 amide bonds. The van der Waals surface area contributed by atoms with Gasteiger partial charge < -0.3 is 15.2 Å². The highest BCUT2D eigenvalue weighted by Crippen LogP contribution is 2.21. The first-order valence-corrected chi connectivity index (χ1v) is 6.48. The Morgan fingerprint density at radius 1 is 1.05 bits per heavy atom. The molecule has 1 unspecified atom stereocenters. The lowest BCUT2D eigenvalue weighted by molar-refractivity contribution is 0.276. The van der Waals surface area contributed by atoms with E-state index in [1.165, 1.54) is 0 Å². The minimum atomic E-state index is -0.0980. The molecule has 2 aromatic rings. The van der Waals surface area contributed by atoms with Crippen molar-refractivity contribution in [1.82, 2.24) is 0 Å². The van der Waals surface area contributed by atoms with Crippen LogP contribution in [0.2, 0.25) is 0 Å². The zero-order chi connectivity index (χ0) is 13.5. The molecule has 2 aromatic carbocycles. The van der Waals surface area contributed by atoms with Gasteiger partial charge in [-0.25, -0.2) is 0 Å². The molecule has 0 aliphatic carbocycles. The van der Waals surface area contributed by atoms with Gasteiger partial charge in [0.25, 0.3) is 0 Å². The molecular formula is C16H19NO2. The summed E-state index contributed by atoms with van der Waals surface area (Å²) in [5.41, 5.74) is 2.03. The number of aliphatic hydroxyl groups is 1. The van der Waals surface area contributed by atoms with Gasteiger partial charge in [-0.1, -0.05) is 30.3 Å². The summed E-state index contributed by atoms with van der Waals surface area (Å²) in [7, 11) is 0. The van der Waals surface area contributed by atoms with Crippen molar-refractivity contribution >= 4 is 5.69 Å². The Morgan fingerprint density at radius 3 is 2.32 bits per heavy atom. The Morgan fingerprint density at radius 2 is 1.74 bits per heavy atom. The van der Waals surface area contributed by atoms with E-state index in [9.17, 15) is 5.11 Å². The summed E-state index contributed by atoms with van der Waals surface area (Å²) in [4.78, 5) is 0. The highest BCUT2D eigenvalue weighted by molar-refractivity contribution is 5.48. The van der Waals surface area contributed by atoms with Crippen LogP contribution in [0.1, 0.15) is 18.5 Å². The maximum atomic E-state index is 9.49. The molecule has 0 saturated carbocycles. The van der Waals surface area contributed by atoms with Crippen LogP contribution < -0.4 is 10.1 Å². The molecule has 0 aliphatic heterocycles. The molecule has 0 fully saturated rings. The molecule has 100 valence electrons. The predicted molar refractivity (Wildman–Crippen MR) is 77.5 cm³/mol. The largest absolute Gasteiger partial charge is 0.494 e. The molecule has 3 nitrogen and oxygen atoms in total. The number of anilines is 1. The second-order valence-corrected chi connectivity index (χ2v) is 4.25. The molecule has 0 aromatic heterocycles. The molecule has 19 heavy (non-hydrogen) atoms. The molecule has 2 N–H and O–H groups in total. The number of rotatable bonds is 6. The minimum absolute atomic E-state index is 0.0528. The minimum Gasteiger partial charge on any atom is -0.494 e. The van der Waals surface area contributed by atoms with Crippen LogP contribution in [0, 0.1) is 0 Å². The van der Waals surface area contributed by atoms with Crippen LogP contribution in [0.3, 0.4) is 0 Å². The van der Waals surface area contributed by atoms with Crippen LogP contribution in [0.4, 0.5) is 5.69 Å². The first-order chi connectivity index (χ1) is 9.33. The Hall–Kier alpha value is -2.00. The maximum absolute atomic E-state index is 9.49. The quantitative estimate of drug-likeness (QED) is 0.834. The Bertz CT molecular complexity index is 482. The van der Waals surface area contributed by atoms with E-state index in [0.717, 1.165) is 17.0 Å². The van der Waals surface area contributed by atoms with Gasteiger partial charge in [0.05, 0.1) is 19.3 Å². The molecule has 1 atom stereocenters. The van der Waals surface area contributed by atoms with Crippen molar-refractivity contribution in [3.63, 3.8) is 0 Å². The fourth-order valence-corrected chi connectivity index (χ4v) is 1.93. The maximum Gasteiger partial charge on any atom is 0.119 e. The molecule has 3 heteroatoms. The number of benzene rings is 2. The van der Waals surface area contributed by atoms with E-state index in [1.807, 2.05) is 61.5 Å². The van der Waals surface area contributed by atoms with Crippen LogP contribution in [0.5, 0.6) is 5.75 Å². The normalized spacial score (nSPS) is 11.9. The Kier molecular flexibility index (Phi) is 4.81. The van der Waals surface area contributed by atoms with Gasteiger partial charge >= 0.3 is 0 Å².